The minimum Gasteiger partial charge on any atom is -0.388 e. The number of aliphatic hydroxyl groups is 1. The van der Waals surface area contributed by atoms with Crippen molar-refractivity contribution in [2.45, 2.75) is 39.7 Å². The number of rotatable bonds is 3. The molecule has 0 spiro atoms. The Morgan fingerprint density at radius 2 is 1.86 bits per heavy atom. The van der Waals surface area contributed by atoms with Gasteiger partial charge in [0.15, 0.2) is 0 Å². The van der Waals surface area contributed by atoms with Crippen molar-refractivity contribution >= 4 is 15.9 Å². The zero-order valence-corrected chi connectivity index (χ0v) is 10.6. The molecule has 1 unspecified atom stereocenters. The molecule has 0 saturated carbocycles. The van der Waals surface area contributed by atoms with E-state index in [1.54, 1.807) is 0 Å². The fourth-order valence-electron chi connectivity index (χ4n) is 1.49. The topological polar surface area (TPSA) is 20.2 Å². The Morgan fingerprint density at radius 1 is 1.29 bits per heavy atom. The summed E-state index contributed by atoms with van der Waals surface area (Å²) < 4.78 is 1.02. The van der Waals surface area contributed by atoms with E-state index in [9.17, 15) is 5.11 Å². The predicted molar refractivity (Wildman–Crippen MR) is 63.5 cm³/mol. The lowest BCUT2D eigenvalue weighted by Gasteiger charge is -2.14. The molecule has 0 heterocycles. The quantitative estimate of drug-likeness (QED) is 0.870. The Balaban J connectivity index is 3.02. The molecule has 0 radical (unpaired) electrons. The highest BCUT2D eigenvalue weighted by atomic mass is 79.9. The molecular weight excluding hydrogens is 240 g/mol. The maximum atomic E-state index is 9.89. The van der Waals surface area contributed by atoms with Crippen molar-refractivity contribution in [3.05, 3.63) is 33.3 Å². The number of hydrogen-bond acceptors (Lipinski definition) is 1. The SMILES string of the molecule is CCCC(O)c1cc(C)c(C)cc1Br. The van der Waals surface area contributed by atoms with Crippen LogP contribution < -0.4 is 0 Å². The van der Waals surface area contributed by atoms with Crippen LogP contribution in [0.1, 0.15) is 42.6 Å². The van der Waals surface area contributed by atoms with Gasteiger partial charge >= 0.3 is 0 Å². The third-order valence-corrected chi connectivity index (χ3v) is 3.22. The summed E-state index contributed by atoms with van der Waals surface area (Å²) >= 11 is 3.49. The molecule has 0 aliphatic carbocycles. The molecule has 1 N–H and O–H groups in total. The fraction of sp³-hybridized carbons (Fsp3) is 0.500. The number of aliphatic hydroxyl groups excluding tert-OH is 1. The van der Waals surface area contributed by atoms with Gasteiger partial charge in [-0.15, -0.1) is 0 Å². The zero-order valence-electron chi connectivity index (χ0n) is 8.97. The van der Waals surface area contributed by atoms with Crippen LogP contribution in [0.4, 0.5) is 0 Å². The summed E-state index contributed by atoms with van der Waals surface area (Å²) in [5.74, 6) is 0. The van der Waals surface area contributed by atoms with Crippen molar-refractivity contribution in [1.82, 2.24) is 0 Å². The lowest BCUT2D eigenvalue weighted by molar-refractivity contribution is 0.165. The predicted octanol–water partition coefficient (Wildman–Crippen LogP) is 3.90. The van der Waals surface area contributed by atoms with Crippen molar-refractivity contribution in [2.24, 2.45) is 0 Å². The van der Waals surface area contributed by atoms with E-state index in [2.05, 4.69) is 48.8 Å². The summed E-state index contributed by atoms with van der Waals surface area (Å²) in [6.07, 6.45) is 1.48. The van der Waals surface area contributed by atoms with Gasteiger partial charge in [-0.2, -0.15) is 0 Å². The molecule has 1 atom stereocenters. The Bertz CT molecular complexity index is 320. The second-order valence-electron chi connectivity index (χ2n) is 3.76. The van der Waals surface area contributed by atoms with E-state index in [1.807, 2.05) is 0 Å². The smallest absolute Gasteiger partial charge is 0.0800 e. The van der Waals surface area contributed by atoms with E-state index in [0.29, 0.717) is 0 Å². The second kappa shape index (κ2) is 4.94. The average molecular weight is 257 g/mol. The third-order valence-electron chi connectivity index (χ3n) is 2.53. The van der Waals surface area contributed by atoms with Gasteiger partial charge in [0.1, 0.15) is 0 Å². The highest BCUT2D eigenvalue weighted by molar-refractivity contribution is 9.10. The maximum absolute atomic E-state index is 9.89. The van der Waals surface area contributed by atoms with Crippen molar-refractivity contribution in [1.29, 1.82) is 0 Å². The van der Waals surface area contributed by atoms with E-state index < -0.39 is 0 Å². The summed E-state index contributed by atoms with van der Waals surface area (Å²) in [6, 6.07) is 4.14. The number of benzene rings is 1. The molecule has 1 rings (SSSR count). The number of halogens is 1. The van der Waals surface area contributed by atoms with Crippen molar-refractivity contribution in [2.75, 3.05) is 0 Å². The molecule has 0 bridgehead atoms. The summed E-state index contributed by atoms with van der Waals surface area (Å²) in [5, 5.41) is 9.89. The maximum Gasteiger partial charge on any atom is 0.0800 e. The first-order chi connectivity index (χ1) is 6.56. The van der Waals surface area contributed by atoms with Crippen molar-refractivity contribution in [3.8, 4) is 0 Å². The van der Waals surface area contributed by atoms with Crippen LogP contribution in [0.25, 0.3) is 0 Å². The molecule has 14 heavy (non-hydrogen) atoms. The Kier molecular flexibility index (Phi) is 4.14. The Morgan fingerprint density at radius 3 is 2.43 bits per heavy atom. The lowest BCUT2D eigenvalue weighted by Crippen LogP contribution is -1.99. The molecule has 0 aromatic heterocycles. The molecule has 1 aromatic rings. The van der Waals surface area contributed by atoms with Gasteiger partial charge in [0.25, 0.3) is 0 Å². The lowest BCUT2D eigenvalue weighted by atomic mass is 10.0. The van der Waals surface area contributed by atoms with Gasteiger partial charge < -0.3 is 5.11 Å². The Hall–Kier alpha value is -0.340. The van der Waals surface area contributed by atoms with Crippen molar-refractivity contribution in [3.63, 3.8) is 0 Å². The van der Waals surface area contributed by atoms with Crippen LogP contribution in [-0.4, -0.2) is 5.11 Å². The molecule has 78 valence electrons. The van der Waals surface area contributed by atoms with Crippen LogP contribution in [0, 0.1) is 13.8 Å². The molecule has 0 fully saturated rings. The third kappa shape index (κ3) is 2.58. The molecular formula is C12H17BrO. The molecule has 0 amide bonds. The average Bonchev–Trinajstić information content (AvgIpc) is 2.11. The molecule has 0 aliphatic rings. The van der Waals surface area contributed by atoms with Gasteiger partial charge in [0.05, 0.1) is 6.10 Å². The Labute approximate surface area is 94.3 Å². The first kappa shape index (κ1) is 11.7. The van der Waals surface area contributed by atoms with Crippen LogP contribution >= 0.6 is 15.9 Å². The first-order valence-electron chi connectivity index (χ1n) is 5.01. The standard InChI is InChI=1S/C12H17BrO/c1-4-5-12(14)10-6-8(2)9(3)7-11(10)13/h6-7,12,14H,4-5H2,1-3H3. The van der Waals surface area contributed by atoms with Gasteiger partial charge in [-0.1, -0.05) is 35.3 Å². The van der Waals surface area contributed by atoms with Crippen LogP contribution in [0.3, 0.4) is 0 Å². The molecule has 0 aliphatic heterocycles. The highest BCUT2D eigenvalue weighted by Gasteiger charge is 2.11. The number of hydrogen-bond donors (Lipinski definition) is 1. The normalized spacial score (nSPS) is 12.9. The van der Waals surface area contributed by atoms with Crippen LogP contribution in [-0.2, 0) is 0 Å². The van der Waals surface area contributed by atoms with Gasteiger partial charge in [0, 0.05) is 4.47 Å². The molecule has 1 aromatic carbocycles. The van der Waals surface area contributed by atoms with E-state index >= 15 is 0 Å². The summed E-state index contributed by atoms with van der Waals surface area (Å²) in [5.41, 5.74) is 3.50. The molecule has 2 heteroatoms. The molecule has 0 saturated heterocycles. The van der Waals surface area contributed by atoms with Crippen LogP contribution in [0.15, 0.2) is 16.6 Å². The van der Waals surface area contributed by atoms with E-state index in [0.717, 1.165) is 22.9 Å². The van der Waals surface area contributed by atoms with Gasteiger partial charge in [-0.25, -0.2) is 0 Å². The van der Waals surface area contributed by atoms with Crippen molar-refractivity contribution < 1.29 is 5.11 Å². The summed E-state index contributed by atoms with van der Waals surface area (Å²) in [4.78, 5) is 0. The summed E-state index contributed by atoms with van der Waals surface area (Å²) in [6.45, 7) is 6.23. The largest absolute Gasteiger partial charge is 0.388 e. The number of aryl methyl sites for hydroxylation is 2. The molecule has 1 nitrogen and oxygen atoms in total. The van der Waals surface area contributed by atoms with Crippen LogP contribution in [0.2, 0.25) is 0 Å². The minimum atomic E-state index is -0.339. The van der Waals surface area contributed by atoms with Crippen LogP contribution in [0.5, 0.6) is 0 Å². The summed E-state index contributed by atoms with van der Waals surface area (Å²) in [7, 11) is 0. The zero-order chi connectivity index (χ0) is 10.7. The van der Waals surface area contributed by atoms with E-state index in [1.165, 1.54) is 11.1 Å². The van der Waals surface area contributed by atoms with Gasteiger partial charge in [-0.3, -0.25) is 0 Å². The first-order valence-corrected chi connectivity index (χ1v) is 5.80. The van der Waals surface area contributed by atoms with Gasteiger partial charge in [-0.05, 0) is 43.0 Å². The fourth-order valence-corrected chi connectivity index (χ4v) is 2.21. The monoisotopic (exact) mass is 256 g/mol. The highest BCUT2D eigenvalue weighted by Crippen LogP contribution is 2.29. The van der Waals surface area contributed by atoms with E-state index in [4.69, 9.17) is 0 Å². The minimum absolute atomic E-state index is 0.339. The van der Waals surface area contributed by atoms with E-state index in [-0.39, 0.29) is 6.10 Å². The van der Waals surface area contributed by atoms with Gasteiger partial charge in [0.2, 0.25) is 0 Å². The second-order valence-corrected chi connectivity index (χ2v) is 4.62.